The van der Waals surface area contributed by atoms with Crippen LogP contribution >= 0.6 is 0 Å². The van der Waals surface area contributed by atoms with Crippen LogP contribution in [-0.2, 0) is 23.9 Å². The Hall–Kier alpha value is -2.76. The molecule has 1 aliphatic rings. The third-order valence-corrected chi connectivity index (χ3v) is 3.52. The van der Waals surface area contributed by atoms with Gasteiger partial charge in [0.15, 0.2) is 0 Å². The molecule has 1 unspecified atom stereocenters. The molecule has 23 heavy (non-hydrogen) atoms. The molecule has 0 radical (unpaired) electrons. The molecule has 1 aromatic carbocycles. The molecule has 6 heteroatoms. The van der Waals surface area contributed by atoms with Gasteiger partial charge in [-0.25, -0.2) is 0 Å². The predicted octanol–water partition coefficient (Wildman–Crippen LogP) is 1.21. The number of carbonyl (C=O) groups excluding carboxylic acids is 4. The second-order valence-corrected chi connectivity index (χ2v) is 5.09. The van der Waals surface area contributed by atoms with Gasteiger partial charge in [0.05, 0.1) is 12.2 Å². The van der Waals surface area contributed by atoms with Crippen LogP contribution in [0.4, 0.5) is 0 Å². The average molecular weight is 315 g/mol. The maximum absolute atomic E-state index is 12.4. The Labute approximate surface area is 133 Å². The van der Waals surface area contributed by atoms with Crippen LogP contribution in [0.2, 0.25) is 0 Å². The number of Topliss-reactive ketones (excluding diaryl/α,β-unsaturated/α-hetero) is 1. The van der Waals surface area contributed by atoms with Gasteiger partial charge in [-0.3, -0.25) is 24.1 Å². The third kappa shape index (κ3) is 3.53. The Kier molecular flexibility index (Phi) is 5.05. The Bertz CT molecular complexity index is 677. The van der Waals surface area contributed by atoms with Crippen LogP contribution in [0.15, 0.2) is 36.4 Å². The summed E-state index contributed by atoms with van der Waals surface area (Å²) in [7, 11) is 0. The summed E-state index contributed by atoms with van der Waals surface area (Å²) in [5.74, 6) is -3.39. The number of imide groups is 1. The fourth-order valence-corrected chi connectivity index (χ4v) is 2.30. The second kappa shape index (κ2) is 7.00. The fraction of sp³-hybridized carbons (Fsp3) is 0.294. The van der Waals surface area contributed by atoms with Gasteiger partial charge in [0.2, 0.25) is 0 Å². The van der Waals surface area contributed by atoms with Crippen molar-refractivity contribution in [3.8, 4) is 0 Å². The van der Waals surface area contributed by atoms with E-state index in [0.29, 0.717) is 5.56 Å². The van der Waals surface area contributed by atoms with Crippen LogP contribution in [0.3, 0.4) is 0 Å². The van der Waals surface area contributed by atoms with Crippen molar-refractivity contribution in [3.05, 3.63) is 42.0 Å². The number of benzene rings is 1. The van der Waals surface area contributed by atoms with Crippen LogP contribution in [0, 0.1) is 5.92 Å². The number of hydrogen-bond donors (Lipinski definition) is 0. The van der Waals surface area contributed by atoms with E-state index in [9.17, 15) is 19.2 Å². The lowest BCUT2D eigenvalue weighted by atomic mass is 10.0. The molecular formula is C17H17NO5. The molecule has 1 aliphatic heterocycles. The first-order valence-corrected chi connectivity index (χ1v) is 7.25. The Balaban J connectivity index is 2.19. The average Bonchev–Trinajstić information content (AvgIpc) is 2.80. The largest absolute Gasteiger partial charge is 0.465 e. The summed E-state index contributed by atoms with van der Waals surface area (Å²) in [6.45, 7) is 2.67. The van der Waals surface area contributed by atoms with Crippen LogP contribution in [0.5, 0.6) is 0 Å². The van der Waals surface area contributed by atoms with Crippen LogP contribution in [0.1, 0.15) is 19.4 Å². The molecule has 0 aliphatic carbocycles. The highest BCUT2D eigenvalue weighted by Crippen LogP contribution is 2.24. The molecule has 1 atom stereocenters. The fourth-order valence-electron chi connectivity index (χ4n) is 2.30. The SMILES string of the molecule is CCOC(=O)C(CN1C(=O)C=C(c2ccccc2)C1=O)C(C)=O. The number of carbonyl (C=O) groups is 4. The number of amides is 2. The number of ether oxygens (including phenoxy) is 1. The molecule has 0 saturated heterocycles. The highest BCUT2D eigenvalue weighted by Gasteiger charge is 2.37. The minimum atomic E-state index is -1.16. The minimum absolute atomic E-state index is 0.123. The van der Waals surface area contributed by atoms with Gasteiger partial charge in [-0.2, -0.15) is 0 Å². The summed E-state index contributed by atoms with van der Waals surface area (Å²) in [4.78, 5) is 48.9. The zero-order valence-corrected chi connectivity index (χ0v) is 12.9. The molecule has 0 aromatic heterocycles. The molecule has 0 spiro atoms. The highest BCUT2D eigenvalue weighted by molar-refractivity contribution is 6.33. The summed E-state index contributed by atoms with van der Waals surface area (Å²) in [5, 5.41) is 0. The zero-order chi connectivity index (χ0) is 17.0. The van der Waals surface area contributed by atoms with E-state index in [0.717, 1.165) is 4.90 Å². The van der Waals surface area contributed by atoms with Gasteiger partial charge >= 0.3 is 5.97 Å². The smallest absolute Gasteiger partial charge is 0.318 e. The molecule has 0 bridgehead atoms. The lowest BCUT2D eigenvalue weighted by Crippen LogP contribution is -2.41. The molecular weight excluding hydrogens is 298 g/mol. The number of nitrogens with zero attached hydrogens (tertiary/aromatic N) is 1. The van der Waals surface area contributed by atoms with Crippen molar-refractivity contribution in [1.29, 1.82) is 0 Å². The van der Waals surface area contributed by atoms with Crippen molar-refractivity contribution in [2.75, 3.05) is 13.2 Å². The number of hydrogen-bond acceptors (Lipinski definition) is 5. The van der Waals surface area contributed by atoms with Gasteiger partial charge in [-0.15, -0.1) is 0 Å². The van der Waals surface area contributed by atoms with Gasteiger partial charge in [0.1, 0.15) is 11.7 Å². The van der Waals surface area contributed by atoms with Gasteiger partial charge in [-0.05, 0) is 19.4 Å². The maximum atomic E-state index is 12.4. The van der Waals surface area contributed by atoms with Gasteiger partial charge < -0.3 is 4.74 Å². The quantitative estimate of drug-likeness (QED) is 0.448. The summed E-state index contributed by atoms with van der Waals surface area (Å²) >= 11 is 0. The Morgan fingerprint density at radius 1 is 1.17 bits per heavy atom. The van der Waals surface area contributed by atoms with Gasteiger partial charge in [0.25, 0.3) is 11.8 Å². The first-order valence-electron chi connectivity index (χ1n) is 7.25. The molecule has 120 valence electrons. The number of rotatable bonds is 6. The molecule has 0 saturated carbocycles. The predicted molar refractivity (Wildman–Crippen MR) is 81.9 cm³/mol. The van der Waals surface area contributed by atoms with E-state index in [-0.39, 0.29) is 18.7 Å². The van der Waals surface area contributed by atoms with Crippen molar-refractivity contribution in [2.45, 2.75) is 13.8 Å². The number of esters is 1. The molecule has 2 rings (SSSR count). The molecule has 2 amide bonds. The van der Waals surface area contributed by atoms with Crippen molar-refractivity contribution < 1.29 is 23.9 Å². The highest BCUT2D eigenvalue weighted by atomic mass is 16.5. The molecule has 1 aromatic rings. The topological polar surface area (TPSA) is 80.8 Å². The maximum Gasteiger partial charge on any atom is 0.318 e. The van der Waals surface area contributed by atoms with Gasteiger partial charge in [0, 0.05) is 12.6 Å². The summed E-state index contributed by atoms with van der Waals surface area (Å²) < 4.78 is 4.83. The summed E-state index contributed by atoms with van der Waals surface area (Å²) in [5.41, 5.74) is 0.866. The van der Waals surface area contributed by atoms with E-state index in [1.54, 1.807) is 37.3 Å². The van der Waals surface area contributed by atoms with Crippen LogP contribution < -0.4 is 0 Å². The molecule has 0 N–H and O–H groups in total. The summed E-state index contributed by atoms with van der Waals surface area (Å²) in [6, 6.07) is 8.75. The molecule has 1 heterocycles. The van der Waals surface area contributed by atoms with Crippen LogP contribution in [-0.4, -0.2) is 41.6 Å². The van der Waals surface area contributed by atoms with Gasteiger partial charge in [-0.1, -0.05) is 30.3 Å². The lowest BCUT2D eigenvalue weighted by molar-refractivity contribution is -0.152. The van der Waals surface area contributed by atoms with E-state index >= 15 is 0 Å². The zero-order valence-electron chi connectivity index (χ0n) is 12.9. The molecule has 0 fully saturated rings. The third-order valence-electron chi connectivity index (χ3n) is 3.52. The van der Waals surface area contributed by atoms with E-state index in [1.165, 1.54) is 13.0 Å². The van der Waals surface area contributed by atoms with E-state index < -0.39 is 29.5 Å². The van der Waals surface area contributed by atoms with E-state index in [2.05, 4.69) is 0 Å². The Morgan fingerprint density at radius 3 is 2.39 bits per heavy atom. The molecule has 6 nitrogen and oxygen atoms in total. The van der Waals surface area contributed by atoms with Crippen LogP contribution in [0.25, 0.3) is 5.57 Å². The van der Waals surface area contributed by atoms with Crippen molar-refractivity contribution >= 4 is 29.1 Å². The lowest BCUT2D eigenvalue weighted by Gasteiger charge is -2.19. The monoisotopic (exact) mass is 315 g/mol. The van der Waals surface area contributed by atoms with E-state index in [1.807, 2.05) is 0 Å². The first-order chi connectivity index (χ1) is 11.0. The minimum Gasteiger partial charge on any atom is -0.465 e. The number of ketones is 1. The second-order valence-electron chi connectivity index (χ2n) is 5.09. The van der Waals surface area contributed by atoms with Crippen molar-refractivity contribution in [1.82, 2.24) is 4.90 Å². The van der Waals surface area contributed by atoms with Crippen molar-refractivity contribution in [3.63, 3.8) is 0 Å². The Morgan fingerprint density at radius 2 is 1.83 bits per heavy atom. The van der Waals surface area contributed by atoms with E-state index in [4.69, 9.17) is 4.74 Å². The normalized spacial score (nSPS) is 15.4. The summed E-state index contributed by atoms with van der Waals surface area (Å²) in [6.07, 6.45) is 1.22. The standard InChI is InChI=1S/C17H17NO5/c1-3-23-17(22)14(11(2)19)10-18-15(20)9-13(16(18)21)12-7-5-4-6-8-12/h4-9,14H,3,10H2,1-2H3. The van der Waals surface area contributed by atoms with Crippen molar-refractivity contribution in [2.24, 2.45) is 5.92 Å². The first kappa shape index (κ1) is 16.6.